The predicted molar refractivity (Wildman–Crippen MR) is 108 cm³/mol. The molecule has 1 saturated heterocycles. The van der Waals surface area contributed by atoms with E-state index in [0.717, 1.165) is 35.3 Å². The molecule has 0 saturated carbocycles. The molecule has 0 spiro atoms. The van der Waals surface area contributed by atoms with Crippen molar-refractivity contribution >= 4 is 10.2 Å². The van der Waals surface area contributed by atoms with Gasteiger partial charge in [0.1, 0.15) is 0 Å². The van der Waals surface area contributed by atoms with E-state index in [1.807, 2.05) is 23.0 Å². The molecule has 1 unspecified atom stereocenters. The first-order chi connectivity index (χ1) is 13.3. The second-order valence-electron chi connectivity index (χ2n) is 8.48. The summed E-state index contributed by atoms with van der Waals surface area (Å²) in [5, 5.41) is 4.64. The number of aromatic nitrogens is 2. The van der Waals surface area contributed by atoms with Gasteiger partial charge in [-0.15, -0.1) is 0 Å². The van der Waals surface area contributed by atoms with E-state index in [0.29, 0.717) is 26.3 Å². The minimum atomic E-state index is -3.57. The van der Waals surface area contributed by atoms with Crippen LogP contribution in [0.1, 0.15) is 43.1 Å². The van der Waals surface area contributed by atoms with Gasteiger partial charge in [-0.2, -0.15) is 22.5 Å². The molecule has 1 aromatic heterocycles. The lowest BCUT2D eigenvalue weighted by Gasteiger charge is -2.37. The second-order valence-corrected chi connectivity index (χ2v) is 10.2. The number of hydrogen-bond acceptors (Lipinski definition) is 4. The molecule has 1 aliphatic carbocycles. The number of fused-ring (bicyclic) bond motifs is 1. The Hall–Kier alpha value is -1.74. The summed E-state index contributed by atoms with van der Waals surface area (Å²) >= 11 is 0. The molecule has 1 atom stereocenters. The molecule has 2 aromatic rings. The zero-order valence-corrected chi connectivity index (χ0v) is 17.5. The minimum absolute atomic E-state index is 0.0360. The first-order valence-electron chi connectivity index (χ1n) is 9.75. The Morgan fingerprint density at radius 3 is 2.64 bits per heavy atom. The van der Waals surface area contributed by atoms with Gasteiger partial charge in [-0.3, -0.25) is 0 Å². The number of morpholine rings is 1. The third-order valence-electron chi connectivity index (χ3n) is 5.62. The van der Waals surface area contributed by atoms with E-state index in [2.05, 4.69) is 42.7 Å². The van der Waals surface area contributed by atoms with Gasteiger partial charge in [-0.1, -0.05) is 32.0 Å². The van der Waals surface area contributed by atoms with Crippen LogP contribution >= 0.6 is 0 Å². The van der Waals surface area contributed by atoms with Gasteiger partial charge in [-0.25, -0.2) is 4.68 Å². The number of nitrogens with zero attached hydrogens (tertiary/aromatic N) is 3. The van der Waals surface area contributed by atoms with E-state index in [1.165, 1.54) is 4.31 Å². The Balaban J connectivity index is 1.69. The fourth-order valence-electron chi connectivity index (χ4n) is 4.20. The van der Waals surface area contributed by atoms with Crippen molar-refractivity contribution in [2.45, 2.75) is 39.7 Å². The largest absolute Gasteiger partial charge is 0.379 e. The van der Waals surface area contributed by atoms with Gasteiger partial charge in [0.25, 0.3) is 10.2 Å². The maximum atomic E-state index is 12.9. The number of nitrogens with one attached hydrogen (secondary N) is 1. The Labute approximate surface area is 166 Å². The summed E-state index contributed by atoms with van der Waals surface area (Å²) in [5.41, 5.74) is 4.20. The number of hydrogen-bond donors (Lipinski definition) is 1. The van der Waals surface area contributed by atoms with Crippen molar-refractivity contribution in [3.8, 4) is 5.69 Å². The van der Waals surface area contributed by atoms with Crippen LogP contribution in [-0.4, -0.2) is 48.8 Å². The number of rotatable bonds is 4. The monoisotopic (exact) mass is 404 g/mol. The number of aryl methyl sites for hydroxylation is 1. The van der Waals surface area contributed by atoms with Gasteiger partial charge < -0.3 is 4.74 Å². The van der Waals surface area contributed by atoms with Crippen molar-refractivity contribution < 1.29 is 13.2 Å². The Morgan fingerprint density at radius 2 is 1.93 bits per heavy atom. The van der Waals surface area contributed by atoms with E-state index in [1.54, 1.807) is 0 Å². The average molecular weight is 405 g/mol. The van der Waals surface area contributed by atoms with Crippen molar-refractivity contribution in [3.63, 3.8) is 0 Å². The molecule has 8 heteroatoms. The molecule has 0 amide bonds. The summed E-state index contributed by atoms with van der Waals surface area (Å²) in [6.45, 7) is 8.08. The standard InChI is InChI=1S/C20H28N4O3S/c1-15-6-4-5-7-18(15)24-19-13-20(2,3)12-17(16(19)14-21-24)22-28(25,26)23-8-10-27-11-9-23/h4-7,14,17,22H,8-13H2,1-3H3. The molecule has 2 heterocycles. The number of para-hydroxylation sites is 1. The Kier molecular flexibility index (Phi) is 5.07. The van der Waals surface area contributed by atoms with Crippen LogP contribution < -0.4 is 4.72 Å². The van der Waals surface area contributed by atoms with E-state index in [-0.39, 0.29) is 11.5 Å². The quantitative estimate of drug-likeness (QED) is 0.849. The summed E-state index contributed by atoms with van der Waals surface area (Å²) < 4.78 is 37.6. The Morgan fingerprint density at radius 1 is 1.21 bits per heavy atom. The molecule has 0 bridgehead atoms. The van der Waals surface area contributed by atoms with Crippen LogP contribution in [0.3, 0.4) is 0 Å². The zero-order chi connectivity index (χ0) is 19.9. The number of ether oxygens (including phenoxy) is 1. The van der Waals surface area contributed by atoms with E-state index < -0.39 is 10.2 Å². The van der Waals surface area contributed by atoms with Crippen LogP contribution in [-0.2, 0) is 21.4 Å². The molecular formula is C20H28N4O3S. The topological polar surface area (TPSA) is 76.5 Å². The summed E-state index contributed by atoms with van der Waals surface area (Å²) in [6, 6.07) is 7.85. The molecule has 1 aliphatic heterocycles. The molecule has 0 radical (unpaired) electrons. The lowest BCUT2D eigenvalue weighted by molar-refractivity contribution is 0.0721. The summed E-state index contributed by atoms with van der Waals surface area (Å²) in [6.07, 6.45) is 3.42. The fraction of sp³-hybridized carbons (Fsp3) is 0.550. The molecule has 152 valence electrons. The molecule has 2 aliphatic rings. The normalized spacial score (nSPS) is 22.8. The second kappa shape index (κ2) is 7.26. The van der Waals surface area contributed by atoms with Gasteiger partial charge in [0, 0.05) is 24.3 Å². The summed E-state index contributed by atoms with van der Waals surface area (Å²) in [5.74, 6) is 0. The summed E-state index contributed by atoms with van der Waals surface area (Å²) in [4.78, 5) is 0. The molecular weight excluding hydrogens is 376 g/mol. The van der Waals surface area contributed by atoms with Crippen LogP contribution in [0.4, 0.5) is 0 Å². The van der Waals surface area contributed by atoms with E-state index >= 15 is 0 Å². The lowest BCUT2D eigenvalue weighted by Crippen LogP contribution is -2.48. The highest BCUT2D eigenvalue weighted by atomic mass is 32.2. The van der Waals surface area contributed by atoms with Gasteiger partial charge in [-0.05, 0) is 36.8 Å². The molecule has 28 heavy (non-hydrogen) atoms. The first-order valence-corrected chi connectivity index (χ1v) is 11.2. The van der Waals surface area contributed by atoms with Crippen LogP contribution in [0, 0.1) is 12.3 Å². The van der Waals surface area contributed by atoms with Crippen LogP contribution in [0.2, 0.25) is 0 Å². The zero-order valence-electron chi connectivity index (χ0n) is 16.7. The molecule has 1 N–H and O–H groups in total. The van der Waals surface area contributed by atoms with Crippen molar-refractivity contribution in [1.82, 2.24) is 18.8 Å². The Bertz CT molecular complexity index is 962. The molecule has 7 nitrogen and oxygen atoms in total. The maximum absolute atomic E-state index is 12.9. The van der Waals surface area contributed by atoms with Gasteiger partial charge in [0.05, 0.1) is 31.1 Å². The molecule has 1 aromatic carbocycles. The van der Waals surface area contributed by atoms with Gasteiger partial charge in [0.15, 0.2) is 0 Å². The van der Waals surface area contributed by atoms with E-state index in [9.17, 15) is 8.42 Å². The van der Waals surface area contributed by atoms with Crippen molar-refractivity contribution in [1.29, 1.82) is 0 Å². The fourth-order valence-corrected chi connectivity index (χ4v) is 5.55. The van der Waals surface area contributed by atoms with E-state index in [4.69, 9.17) is 4.74 Å². The van der Waals surface area contributed by atoms with Crippen LogP contribution in [0.25, 0.3) is 5.69 Å². The molecule has 1 fully saturated rings. The minimum Gasteiger partial charge on any atom is -0.379 e. The van der Waals surface area contributed by atoms with Crippen molar-refractivity contribution in [2.24, 2.45) is 5.41 Å². The highest BCUT2D eigenvalue weighted by Gasteiger charge is 2.38. The lowest BCUT2D eigenvalue weighted by atomic mass is 9.74. The first kappa shape index (κ1) is 19.6. The molecule has 4 rings (SSSR count). The average Bonchev–Trinajstić information content (AvgIpc) is 3.05. The van der Waals surface area contributed by atoms with Gasteiger partial charge >= 0.3 is 0 Å². The van der Waals surface area contributed by atoms with Crippen molar-refractivity contribution in [3.05, 3.63) is 47.3 Å². The van der Waals surface area contributed by atoms with Gasteiger partial charge in [0.2, 0.25) is 0 Å². The van der Waals surface area contributed by atoms with Crippen LogP contribution in [0.5, 0.6) is 0 Å². The third kappa shape index (κ3) is 3.74. The summed E-state index contributed by atoms with van der Waals surface area (Å²) in [7, 11) is -3.57. The highest BCUT2D eigenvalue weighted by Crippen LogP contribution is 2.42. The van der Waals surface area contributed by atoms with Crippen LogP contribution in [0.15, 0.2) is 30.5 Å². The predicted octanol–water partition coefficient (Wildman–Crippen LogP) is 2.36. The third-order valence-corrected chi connectivity index (χ3v) is 7.25. The highest BCUT2D eigenvalue weighted by molar-refractivity contribution is 7.87. The maximum Gasteiger partial charge on any atom is 0.280 e. The smallest absolute Gasteiger partial charge is 0.280 e. The van der Waals surface area contributed by atoms with Crippen molar-refractivity contribution in [2.75, 3.05) is 26.3 Å². The SMILES string of the molecule is Cc1ccccc1-n1ncc2c1CC(C)(C)CC2NS(=O)(=O)N1CCOCC1. The number of benzene rings is 1.